The SMILES string of the molecule is COCC(NCc1cc(OC)c(OC)c(OC)c1)C1CC1. The van der Waals surface area contributed by atoms with Crippen LogP contribution in [0.4, 0.5) is 0 Å². The van der Waals surface area contributed by atoms with E-state index in [4.69, 9.17) is 18.9 Å². The second-order valence-corrected chi connectivity index (χ2v) is 5.31. The zero-order valence-electron chi connectivity index (χ0n) is 13.3. The molecule has 1 fully saturated rings. The molecule has 0 saturated heterocycles. The molecule has 1 N–H and O–H groups in total. The van der Waals surface area contributed by atoms with Crippen molar-refractivity contribution in [2.75, 3.05) is 35.0 Å². The van der Waals surface area contributed by atoms with E-state index in [-0.39, 0.29) is 0 Å². The summed E-state index contributed by atoms with van der Waals surface area (Å²) in [6, 6.07) is 4.37. The molecule has 1 aliphatic carbocycles. The zero-order chi connectivity index (χ0) is 15.2. The van der Waals surface area contributed by atoms with Gasteiger partial charge in [-0.25, -0.2) is 0 Å². The predicted octanol–water partition coefficient (Wildman–Crippen LogP) is 2.23. The minimum absolute atomic E-state index is 0.411. The van der Waals surface area contributed by atoms with E-state index >= 15 is 0 Å². The molecule has 118 valence electrons. The average molecular weight is 295 g/mol. The lowest BCUT2D eigenvalue weighted by Crippen LogP contribution is -2.34. The van der Waals surface area contributed by atoms with Gasteiger partial charge < -0.3 is 24.3 Å². The van der Waals surface area contributed by atoms with Gasteiger partial charge in [0.05, 0.1) is 27.9 Å². The van der Waals surface area contributed by atoms with Crippen LogP contribution in [0, 0.1) is 5.92 Å². The first-order chi connectivity index (χ1) is 10.2. The van der Waals surface area contributed by atoms with Crippen molar-refractivity contribution in [3.63, 3.8) is 0 Å². The number of ether oxygens (including phenoxy) is 4. The minimum atomic E-state index is 0.411. The highest BCUT2D eigenvalue weighted by atomic mass is 16.5. The van der Waals surface area contributed by atoms with Crippen LogP contribution in [0.3, 0.4) is 0 Å². The monoisotopic (exact) mass is 295 g/mol. The third-order valence-corrected chi connectivity index (χ3v) is 3.83. The highest BCUT2D eigenvalue weighted by Gasteiger charge is 2.30. The lowest BCUT2D eigenvalue weighted by Gasteiger charge is -2.19. The summed E-state index contributed by atoms with van der Waals surface area (Å²) in [6.45, 7) is 1.50. The molecule has 0 aromatic heterocycles. The van der Waals surface area contributed by atoms with E-state index in [1.54, 1.807) is 28.4 Å². The summed E-state index contributed by atoms with van der Waals surface area (Å²) < 4.78 is 21.4. The van der Waals surface area contributed by atoms with Gasteiger partial charge in [-0.05, 0) is 36.5 Å². The van der Waals surface area contributed by atoms with Crippen LogP contribution in [0.1, 0.15) is 18.4 Å². The highest BCUT2D eigenvalue weighted by molar-refractivity contribution is 5.53. The fraction of sp³-hybridized carbons (Fsp3) is 0.625. The van der Waals surface area contributed by atoms with Crippen LogP contribution in [0.15, 0.2) is 12.1 Å². The summed E-state index contributed by atoms with van der Waals surface area (Å²) in [4.78, 5) is 0. The molecule has 0 bridgehead atoms. The Labute approximate surface area is 126 Å². The zero-order valence-corrected chi connectivity index (χ0v) is 13.3. The molecule has 1 saturated carbocycles. The van der Waals surface area contributed by atoms with Crippen LogP contribution in [0.5, 0.6) is 17.2 Å². The second kappa shape index (κ2) is 7.52. The van der Waals surface area contributed by atoms with Crippen LogP contribution in [0.2, 0.25) is 0 Å². The van der Waals surface area contributed by atoms with Crippen LogP contribution in [0.25, 0.3) is 0 Å². The van der Waals surface area contributed by atoms with E-state index in [2.05, 4.69) is 5.32 Å². The third-order valence-electron chi connectivity index (χ3n) is 3.83. The van der Waals surface area contributed by atoms with Crippen LogP contribution in [-0.4, -0.2) is 41.1 Å². The molecular formula is C16H25NO4. The molecule has 0 spiro atoms. The van der Waals surface area contributed by atoms with E-state index in [1.165, 1.54) is 12.8 Å². The van der Waals surface area contributed by atoms with E-state index in [0.717, 1.165) is 24.6 Å². The van der Waals surface area contributed by atoms with Gasteiger partial charge in [-0.3, -0.25) is 0 Å². The smallest absolute Gasteiger partial charge is 0.203 e. The van der Waals surface area contributed by atoms with Crippen molar-refractivity contribution < 1.29 is 18.9 Å². The number of hydrogen-bond donors (Lipinski definition) is 1. The number of methoxy groups -OCH3 is 4. The lowest BCUT2D eigenvalue weighted by atomic mass is 10.1. The van der Waals surface area contributed by atoms with E-state index in [9.17, 15) is 0 Å². The summed E-state index contributed by atoms with van der Waals surface area (Å²) in [5.74, 6) is 2.73. The fourth-order valence-corrected chi connectivity index (χ4v) is 2.53. The number of rotatable bonds is 9. The van der Waals surface area contributed by atoms with E-state index in [0.29, 0.717) is 23.3 Å². The van der Waals surface area contributed by atoms with Crippen LogP contribution in [-0.2, 0) is 11.3 Å². The molecule has 0 heterocycles. The van der Waals surface area contributed by atoms with Gasteiger partial charge in [-0.2, -0.15) is 0 Å². The summed E-state index contributed by atoms with van der Waals surface area (Å²) in [5, 5.41) is 3.56. The molecular weight excluding hydrogens is 270 g/mol. The Morgan fingerprint density at radius 2 is 1.67 bits per heavy atom. The van der Waals surface area contributed by atoms with Crippen molar-refractivity contribution in [1.29, 1.82) is 0 Å². The predicted molar refractivity (Wildman–Crippen MR) is 81.3 cm³/mol. The average Bonchev–Trinajstić information content (AvgIpc) is 3.34. The maximum Gasteiger partial charge on any atom is 0.203 e. The quantitative estimate of drug-likeness (QED) is 0.757. The van der Waals surface area contributed by atoms with Gasteiger partial charge in [0, 0.05) is 19.7 Å². The number of hydrogen-bond acceptors (Lipinski definition) is 5. The minimum Gasteiger partial charge on any atom is -0.493 e. The summed E-state index contributed by atoms with van der Waals surface area (Å²) in [6.07, 6.45) is 2.58. The maximum atomic E-state index is 5.38. The van der Waals surface area contributed by atoms with Crippen molar-refractivity contribution in [1.82, 2.24) is 5.32 Å². The van der Waals surface area contributed by atoms with Crippen molar-refractivity contribution in [3.8, 4) is 17.2 Å². The van der Waals surface area contributed by atoms with Gasteiger partial charge in [0.1, 0.15) is 0 Å². The van der Waals surface area contributed by atoms with Gasteiger partial charge in [-0.1, -0.05) is 0 Å². The Kier molecular flexibility index (Phi) is 5.70. The molecule has 1 aromatic rings. The lowest BCUT2D eigenvalue weighted by molar-refractivity contribution is 0.157. The van der Waals surface area contributed by atoms with Crippen molar-refractivity contribution in [2.24, 2.45) is 5.92 Å². The van der Waals surface area contributed by atoms with Gasteiger partial charge in [0.2, 0.25) is 5.75 Å². The van der Waals surface area contributed by atoms with Gasteiger partial charge >= 0.3 is 0 Å². The summed E-state index contributed by atoms with van der Waals surface area (Å²) >= 11 is 0. The fourth-order valence-electron chi connectivity index (χ4n) is 2.53. The number of benzene rings is 1. The van der Waals surface area contributed by atoms with Crippen molar-refractivity contribution >= 4 is 0 Å². The summed E-state index contributed by atoms with van der Waals surface area (Å²) in [5.41, 5.74) is 1.10. The second-order valence-electron chi connectivity index (χ2n) is 5.31. The van der Waals surface area contributed by atoms with Gasteiger partial charge in [0.15, 0.2) is 11.5 Å². The Morgan fingerprint density at radius 3 is 2.10 bits per heavy atom. The molecule has 1 aliphatic rings. The first kappa shape index (κ1) is 15.9. The topological polar surface area (TPSA) is 49.0 Å². The Morgan fingerprint density at radius 1 is 1.05 bits per heavy atom. The molecule has 2 rings (SSSR count). The Hall–Kier alpha value is -1.46. The molecule has 0 radical (unpaired) electrons. The number of nitrogens with one attached hydrogen (secondary N) is 1. The molecule has 5 heteroatoms. The molecule has 0 amide bonds. The van der Waals surface area contributed by atoms with E-state index < -0.39 is 0 Å². The van der Waals surface area contributed by atoms with Crippen LogP contribution >= 0.6 is 0 Å². The molecule has 1 unspecified atom stereocenters. The molecule has 1 aromatic carbocycles. The van der Waals surface area contributed by atoms with Gasteiger partial charge in [-0.15, -0.1) is 0 Å². The first-order valence-electron chi connectivity index (χ1n) is 7.24. The first-order valence-corrected chi connectivity index (χ1v) is 7.24. The van der Waals surface area contributed by atoms with E-state index in [1.807, 2.05) is 12.1 Å². The molecule has 21 heavy (non-hydrogen) atoms. The Bertz CT molecular complexity index is 435. The van der Waals surface area contributed by atoms with Crippen molar-refractivity contribution in [2.45, 2.75) is 25.4 Å². The van der Waals surface area contributed by atoms with Crippen LogP contribution < -0.4 is 19.5 Å². The maximum absolute atomic E-state index is 5.38. The Balaban J connectivity index is 2.08. The normalized spacial score (nSPS) is 15.6. The molecule has 1 atom stereocenters. The molecule has 5 nitrogen and oxygen atoms in total. The van der Waals surface area contributed by atoms with Crippen molar-refractivity contribution in [3.05, 3.63) is 17.7 Å². The standard InChI is InChI=1S/C16H25NO4/c1-18-10-13(12-5-6-12)17-9-11-7-14(19-2)16(21-4)15(8-11)20-3/h7-8,12-13,17H,5-6,9-10H2,1-4H3. The largest absolute Gasteiger partial charge is 0.493 e. The highest BCUT2D eigenvalue weighted by Crippen LogP contribution is 2.38. The third kappa shape index (κ3) is 4.02. The summed E-state index contributed by atoms with van der Waals surface area (Å²) in [7, 11) is 6.62. The molecule has 0 aliphatic heterocycles. The van der Waals surface area contributed by atoms with Gasteiger partial charge in [0.25, 0.3) is 0 Å².